The second-order valence-electron chi connectivity index (χ2n) is 6.13. The maximum atomic E-state index is 11.6. The first-order valence-electron chi connectivity index (χ1n) is 6.51. The van der Waals surface area contributed by atoms with Crippen LogP contribution in [0.1, 0.15) is 41.9 Å². The van der Waals surface area contributed by atoms with Crippen LogP contribution in [0.2, 0.25) is 0 Å². The van der Waals surface area contributed by atoms with Gasteiger partial charge in [-0.15, -0.1) is 0 Å². The molecule has 1 aromatic carbocycles. The first kappa shape index (κ1) is 12.7. The third-order valence-corrected chi connectivity index (χ3v) is 4.73. The molecule has 1 amide bonds. The molecular weight excluding hydrogens is 304 g/mol. The van der Waals surface area contributed by atoms with Gasteiger partial charge in [-0.2, -0.15) is 0 Å². The van der Waals surface area contributed by atoms with Crippen LogP contribution in [0.4, 0.5) is 0 Å². The summed E-state index contributed by atoms with van der Waals surface area (Å²) in [4.78, 5) is 15.0. The molecule has 0 spiro atoms. The van der Waals surface area contributed by atoms with E-state index >= 15 is 0 Å². The predicted octanol–water partition coefficient (Wildman–Crippen LogP) is 3.54. The highest BCUT2D eigenvalue weighted by atomic mass is 79.9. The molecule has 0 radical (unpaired) electrons. The Morgan fingerprint density at radius 2 is 2.16 bits per heavy atom. The molecule has 3 N–H and O–H groups in total. The van der Waals surface area contributed by atoms with Gasteiger partial charge in [0.05, 0.1) is 11.1 Å². The fourth-order valence-electron chi connectivity index (χ4n) is 3.04. The van der Waals surface area contributed by atoms with Crippen LogP contribution in [0.15, 0.2) is 16.6 Å². The van der Waals surface area contributed by atoms with Crippen LogP contribution in [-0.2, 0) is 12.8 Å². The number of hydrogen-bond acceptors (Lipinski definition) is 1. The lowest BCUT2D eigenvalue weighted by Crippen LogP contribution is -2.21. The number of carbonyl (C=O) groups is 1. The summed E-state index contributed by atoms with van der Waals surface area (Å²) in [5.41, 5.74) is 9.82. The molecule has 0 unspecified atom stereocenters. The standard InChI is InChI=1S/C15H17BrN2O/c1-15(2)6-5-8-11(7-15)18-13-9(14(17)19)3-4-10(16)12(8)13/h3-4,18H,5-7H2,1-2H3,(H2,17,19). The zero-order chi connectivity index (χ0) is 13.8. The molecule has 0 atom stereocenters. The van der Waals surface area contributed by atoms with Gasteiger partial charge < -0.3 is 10.7 Å². The molecule has 1 aliphatic carbocycles. The van der Waals surface area contributed by atoms with E-state index in [9.17, 15) is 4.79 Å². The number of carbonyl (C=O) groups excluding carboxylic acids is 1. The number of benzene rings is 1. The third-order valence-electron chi connectivity index (χ3n) is 4.07. The van der Waals surface area contributed by atoms with Crippen molar-refractivity contribution in [3.8, 4) is 0 Å². The average molecular weight is 321 g/mol. The van der Waals surface area contributed by atoms with E-state index < -0.39 is 0 Å². The molecule has 1 aliphatic rings. The number of nitrogens with two attached hydrogens (primary N) is 1. The van der Waals surface area contributed by atoms with Gasteiger partial charge in [-0.25, -0.2) is 0 Å². The van der Waals surface area contributed by atoms with Gasteiger partial charge in [0.15, 0.2) is 0 Å². The summed E-state index contributed by atoms with van der Waals surface area (Å²) in [5, 5.41) is 1.13. The third kappa shape index (κ3) is 1.98. The molecular formula is C15H17BrN2O. The van der Waals surface area contributed by atoms with Gasteiger partial charge in [0.2, 0.25) is 0 Å². The summed E-state index contributed by atoms with van der Waals surface area (Å²) in [6.07, 6.45) is 3.23. The van der Waals surface area contributed by atoms with Crippen LogP contribution in [0, 0.1) is 5.41 Å². The van der Waals surface area contributed by atoms with Crippen LogP contribution < -0.4 is 5.73 Å². The van der Waals surface area contributed by atoms with E-state index in [0.29, 0.717) is 11.0 Å². The van der Waals surface area contributed by atoms with Crippen LogP contribution >= 0.6 is 15.9 Å². The Morgan fingerprint density at radius 1 is 1.42 bits per heavy atom. The van der Waals surface area contributed by atoms with E-state index in [4.69, 9.17) is 5.73 Å². The van der Waals surface area contributed by atoms with Gasteiger partial charge in [-0.05, 0) is 42.4 Å². The summed E-state index contributed by atoms with van der Waals surface area (Å²) in [6, 6.07) is 3.69. The van der Waals surface area contributed by atoms with Crippen molar-refractivity contribution < 1.29 is 4.79 Å². The van der Waals surface area contributed by atoms with Gasteiger partial charge in [0.25, 0.3) is 5.91 Å². The summed E-state index contributed by atoms with van der Waals surface area (Å²) >= 11 is 3.59. The lowest BCUT2D eigenvalue weighted by Gasteiger charge is -2.29. The van der Waals surface area contributed by atoms with Crippen LogP contribution in [0.5, 0.6) is 0 Å². The van der Waals surface area contributed by atoms with Crippen LogP contribution in [0.25, 0.3) is 10.9 Å². The SMILES string of the molecule is CC1(C)CCc2c([nH]c3c(C(N)=O)ccc(Br)c23)C1. The zero-order valence-corrected chi connectivity index (χ0v) is 12.7. The lowest BCUT2D eigenvalue weighted by atomic mass is 9.76. The van der Waals surface area contributed by atoms with E-state index in [1.54, 1.807) is 6.07 Å². The molecule has 0 saturated carbocycles. The fraction of sp³-hybridized carbons (Fsp3) is 0.400. The summed E-state index contributed by atoms with van der Waals surface area (Å²) in [6.45, 7) is 4.57. The van der Waals surface area contributed by atoms with Gasteiger partial charge >= 0.3 is 0 Å². The first-order valence-corrected chi connectivity index (χ1v) is 7.30. The van der Waals surface area contributed by atoms with Crippen LogP contribution in [0.3, 0.4) is 0 Å². The number of amides is 1. The maximum Gasteiger partial charge on any atom is 0.250 e. The maximum absolute atomic E-state index is 11.6. The molecule has 3 rings (SSSR count). The molecule has 100 valence electrons. The number of aryl methyl sites for hydroxylation is 1. The Labute approximate surface area is 120 Å². The number of aromatic amines is 1. The van der Waals surface area contributed by atoms with Gasteiger partial charge in [-0.1, -0.05) is 29.8 Å². The Bertz CT molecular complexity index is 685. The van der Waals surface area contributed by atoms with E-state index in [0.717, 1.165) is 28.2 Å². The molecule has 0 saturated heterocycles. The number of fused-ring (bicyclic) bond motifs is 3. The first-order chi connectivity index (χ1) is 8.89. The number of halogens is 1. The highest BCUT2D eigenvalue weighted by Gasteiger charge is 2.29. The molecule has 19 heavy (non-hydrogen) atoms. The molecule has 0 fully saturated rings. The quantitative estimate of drug-likeness (QED) is 0.829. The Morgan fingerprint density at radius 3 is 2.84 bits per heavy atom. The summed E-state index contributed by atoms with van der Waals surface area (Å²) in [5.74, 6) is -0.379. The number of rotatable bonds is 1. The molecule has 1 heterocycles. The van der Waals surface area contributed by atoms with E-state index in [1.807, 2.05) is 6.07 Å². The molecule has 0 aliphatic heterocycles. The Balaban J connectivity index is 2.30. The zero-order valence-electron chi connectivity index (χ0n) is 11.1. The van der Waals surface area contributed by atoms with E-state index in [2.05, 4.69) is 34.8 Å². The van der Waals surface area contributed by atoms with Crippen molar-refractivity contribution in [1.29, 1.82) is 0 Å². The van der Waals surface area contributed by atoms with Crippen LogP contribution in [-0.4, -0.2) is 10.9 Å². The van der Waals surface area contributed by atoms with Gasteiger partial charge in [0, 0.05) is 15.6 Å². The molecule has 4 heteroatoms. The van der Waals surface area contributed by atoms with E-state index in [-0.39, 0.29) is 5.91 Å². The highest BCUT2D eigenvalue weighted by molar-refractivity contribution is 9.10. The minimum absolute atomic E-state index is 0.313. The number of H-pyrrole nitrogens is 1. The second kappa shape index (κ2) is 4.10. The van der Waals surface area contributed by atoms with Crippen molar-refractivity contribution >= 4 is 32.7 Å². The number of nitrogens with one attached hydrogen (secondary N) is 1. The van der Waals surface area contributed by atoms with Crippen molar-refractivity contribution in [2.75, 3.05) is 0 Å². The number of aromatic nitrogens is 1. The van der Waals surface area contributed by atoms with Crippen molar-refractivity contribution in [3.05, 3.63) is 33.4 Å². The highest BCUT2D eigenvalue weighted by Crippen LogP contribution is 2.40. The summed E-state index contributed by atoms with van der Waals surface area (Å²) in [7, 11) is 0. The monoisotopic (exact) mass is 320 g/mol. The number of hydrogen-bond donors (Lipinski definition) is 2. The number of primary amides is 1. The topological polar surface area (TPSA) is 58.9 Å². The molecule has 1 aromatic heterocycles. The molecule has 0 bridgehead atoms. The average Bonchev–Trinajstić information content (AvgIpc) is 2.65. The van der Waals surface area contributed by atoms with Gasteiger partial charge in [-0.3, -0.25) is 4.79 Å². The fourth-order valence-corrected chi connectivity index (χ4v) is 3.61. The normalized spacial score (nSPS) is 17.4. The predicted molar refractivity (Wildman–Crippen MR) is 80.3 cm³/mol. The molecule has 2 aromatic rings. The summed E-state index contributed by atoms with van der Waals surface area (Å²) < 4.78 is 1.03. The lowest BCUT2D eigenvalue weighted by molar-refractivity contribution is 0.100. The smallest absolute Gasteiger partial charge is 0.250 e. The van der Waals surface area contributed by atoms with Crippen molar-refractivity contribution in [1.82, 2.24) is 4.98 Å². The Kier molecular flexibility index (Phi) is 2.75. The van der Waals surface area contributed by atoms with Gasteiger partial charge in [0.1, 0.15) is 0 Å². The van der Waals surface area contributed by atoms with Crippen molar-refractivity contribution in [3.63, 3.8) is 0 Å². The van der Waals surface area contributed by atoms with E-state index in [1.165, 1.54) is 17.7 Å². The Hall–Kier alpha value is -1.29. The van der Waals surface area contributed by atoms with Crippen molar-refractivity contribution in [2.45, 2.75) is 33.1 Å². The largest absolute Gasteiger partial charge is 0.366 e. The minimum atomic E-state index is -0.379. The molecule has 3 nitrogen and oxygen atoms in total. The van der Waals surface area contributed by atoms with Crippen molar-refractivity contribution in [2.24, 2.45) is 11.1 Å². The minimum Gasteiger partial charge on any atom is -0.366 e. The second-order valence-corrected chi connectivity index (χ2v) is 6.99.